The largest absolute Gasteiger partial charge is 0.465 e. The number of amides is 1. The van der Waals surface area contributed by atoms with Gasteiger partial charge in [0.05, 0.1) is 6.10 Å². The molecule has 0 aromatic carbocycles. The second-order valence-electron chi connectivity index (χ2n) is 2.67. The van der Waals surface area contributed by atoms with Crippen molar-refractivity contribution in [1.82, 2.24) is 4.90 Å². The molecule has 1 saturated carbocycles. The van der Waals surface area contributed by atoms with Crippen LogP contribution in [-0.4, -0.2) is 40.4 Å². The highest BCUT2D eigenvalue weighted by atomic mass is 16.4. The first-order valence-electron chi connectivity index (χ1n) is 3.25. The Morgan fingerprint density at radius 1 is 1.60 bits per heavy atom. The summed E-state index contributed by atoms with van der Waals surface area (Å²) < 4.78 is 0. The molecule has 0 atom stereocenters. The Kier molecular flexibility index (Phi) is 1.80. The van der Waals surface area contributed by atoms with Crippen molar-refractivity contribution < 1.29 is 15.0 Å². The third kappa shape index (κ3) is 1.21. The predicted octanol–water partition coefficient (Wildman–Crippen LogP) is 0.119. The fourth-order valence-electron chi connectivity index (χ4n) is 1.03. The van der Waals surface area contributed by atoms with Crippen LogP contribution in [0.4, 0.5) is 4.79 Å². The van der Waals surface area contributed by atoms with Crippen molar-refractivity contribution >= 4 is 6.09 Å². The minimum Gasteiger partial charge on any atom is -0.465 e. The maximum absolute atomic E-state index is 10.3. The van der Waals surface area contributed by atoms with Gasteiger partial charge in [0.25, 0.3) is 0 Å². The topological polar surface area (TPSA) is 60.8 Å². The molecule has 1 fully saturated rings. The Morgan fingerprint density at radius 2 is 2.10 bits per heavy atom. The molecule has 58 valence electrons. The monoisotopic (exact) mass is 145 g/mol. The maximum Gasteiger partial charge on any atom is 0.407 e. The molecule has 0 bridgehead atoms. The first-order valence-corrected chi connectivity index (χ1v) is 3.25. The lowest BCUT2D eigenvalue weighted by molar-refractivity contribution is 0.0166. The summed E-state index contributed by atoms with van der Waals surface area (Å²) in [7, 11) is 1.53. The number of nitrogens with zero attached hydrogens (tertiary/aromatic N) is 1. The summed E-state index contributed by atoms with van der Waals surface area (Å²) >= 11 is 0. The van der Waals surface area contributed by atoms with E-state index < -0.39 is 6.09 Å². The minimum absolute atomic E-state index is 0.0347. The normalized spacial score (nSPS) is 31.0. The number of rotatable bonds is 1. The Bertz CT molecular complexity index is 142. The van der Waals surface area contributed by atoms with E-state index in [-0.39, 0.29) is 12.1 Å². The zero-order chi connectivity index (χ0) is 7.72. The van der Waals surface area contributed by atoms with Crippen LogP contribution in [0.25, 0.3) is 0 Å². The van der Waals surface area contributed by atoms with Crippen LogP contribution in [0.3, 0.4) is 0 Å². The van der Waals surface area contributed by atoms with Crippen LogP contribution in [0.5, 0.6) is 0 Å². The Hall–Kier alpha value is -0.770. The molecule has 10 heavy (non-hydrogen) atoms. The van der Waals surface area contributed by atoms with Gasteiger partial charge >= 0.3 is 6.09 Å². The third-order valence-corrected chi connectivity index (χ3v) is 1.94. The van der Waals surface area contributed by atoms with Crippen molar-refractivity contribution in [2.75, 3.05) is 7.05 Å². The number of carbonyl (C=O) groups is 1. The molecule has 2 N–H and O–H groups in total. The second-order valence-corrected chi connectivity index (χ2v) is 2.67. The van der Waals surface area contributed by atoms with Gasteiger partial charge < -0.3 is 15.1 Å². The van der Waals surface area contributed by atoms with Gasteiger partial charge in [-0.3, -0.25) is 0 Å². The van der Waals surface area contributed by atoms with Crippen LogP contribution in [0.2, 0.25) is 0 Å². The van der Waals surface area contributed by atoms with E-state index in [1.807, 2.05) is 0 Å². The number of aliphatic hydroxyl groups is 1. The van der Waals surface area contributed by atoms with Gasteiger partial charge in [-0.15, -0.1) is 0 Å². The number of hydrogen-bond donors (Lipinski definition) is 2. The molecule has 1 aliphatic carbocycles. The van der Waals surface area contributed by atoms with Gasteiger partial charge in [0.15, 0.2) is 0 Å². The van der Waals surface area contributed by atoms with Crippen molar-refractivity contribution in [3.8, 4) is 0 Å². The molecule has 0 aromatic rings. The van der Waals surface area contributed by atoms with Gasteiger partial charge in [0.1, 0.15) is 0 Å². The molecule has 0 spiro atoms. The molecular weight excluding hydrogens is 134 g/mol. The molecule has 0 radical (unpaired) electrons. The van der Waals surface area contributed by atoms with E-state index in [1.165, 1.54) is 11.9 Å². The van der Waals surface area contributed by atoms with Gasteiger partial charge in [-0.2, -0.15) is 0 Å². The van der Waals surface area contributed by atoms with Crippen molar-refractivity contribution in [2.24, 2.45) is 0 Å². The molecule has 0 heterocycles. The van der Waals surface area contributed by atoms with Crippen LogP contribution in [-0.2, 0) is 0 Å². The fraction of sp³-hybridized carbons (Fsp3) is 0.833. The third-order valence-electron chi connectivity index (χ3n) is 1.94. The fourth-order valence-corrected chi connectivity index (χ4v) is 1.03. The number of aliphatic hydroxyl groups excluding tert-OH is 1. The summed E-state index contributed by atoms with van der Waals surface area (Å²) in [5, 5.41) is 17.3. The zero-order valence-corrected chi connectivity index (χ0v) is 5.82. The predicted molar refractivity (Wildman–Crippen MR) is 34.8 cm³/mol. The smallest absolute Gasteiger partial charge is 0.407 e. The summed E-state index contributed by atoms with van der Waals surface area (Å²) in [5.41, 5.74) is 0. The summed E-state index contributed by atoms with van der Waals surface area (Å²) in [6.45, 7) is 0. The van der Waals surface area contributed by atoms with Gasteiger partial charge in [0, 0.05) is 13.1 Å². The molecule has 1 rings (SSSR count). The van der Waals surface area contributed by atoms with Crippen LogP contribution in [0.15, 0.2) is 0 Å². The van der Waals surface area contributed by atoms with E-state index in [2.05, 4.69) is 0 Å². The van der Waals surface area contributed by atoms with Crippen LogP contribution in [0.1, 0.15) is 12.8 Å². The number of carboxylic acid groups (broad SMARTS) is 1. The van der Waals surface area contributed by atoms with Gasteiger partial charge in [-0.05, 0) is 12.8 Å². The van der Waals surface area contributed by atoms with E-state index in [0.717, 1.165) is 0 Å². The standard InChI is InChI=1S/C6H11NO3/c1-7(6(9)10)4-2-5(8)3-4/h4-5,8H,2-3H2,1H3,(H,9,10)/t4-,5-. The molecule has 4 heteroatoms. The van der Waals surface area contributed by atoms with E-state index in [0.29, 0.717) is 12.8 Å². The van der Waals surface area contributed by atoms with Crippen LogP contribution >= 0.6 is 0 Å². The van der Waals surface area contributed by atoms with Crippen molar-refractivity contribution in [1.29, 1.82) is 0 Å². The lowest BCUT2D eigenvalue weighted by Gasteiger charge is -2.36. The summed E-state index contributed by atoms with van der Waals surface area (Å²) in [6.07, 6.45) is -0.0327. The lowest BCUT2D eigenvalue weighted by atomic mass is 9.89. The minimum atomic E-state index is -0.920. The van der Waals surface area contributed by atoms with Crippen LogP contribution in [0, 0.1) is 0 Å². The molecule has 1 amide bonds. The highest BCUT2D eigenvalue weighted by molar-refractivity contribution is 5.65. The Balaban J connectivity index is 2.31. The summed E-state index contributed by atoms with van der Waals surface area (Å²) in [4.78, 5) is 11.5. The summed E-state index contributed by atoms with van der Waals surface area (Å²) in [5.74, 6) is 0. The van der Waals surface area contributed by atoms with E-state index >= 15 is 0 Å². The van der Waals surface area contributed by atoms with Crippen molar-refractivity contribution in [3.63, 3.8) is 0 Å². The quantitative estimate of drug-likeness (QED) is 0.551. The Labute approximate surface area is 59.1 Å². The van der Waals surface area contributed by atoms with Crippen LogP contribution < -0.4 is 0 Å². The van der Waals surface area contributed by atoms with Crippen molar-refractivity contribution in [3.05, 3.63) is 0 Å². The highest BCUT2D eigenvalue weighted by Gasteiger charge is 2.32. The zero-order valence-electron chi connectivity index (χ0n) is 5.82. The second kappa shape index (κ2) is 2.46. The first-order chi connectivity index (χ1) is 4.61. The molecule has 4 nitrogen and oxygen atoms in total. The van der Waals surface area contributed by atoms with E-state index in [1.54, 1.807) is 0 Å². The molecule has 0 aromatic heterocycles. The van der Waals surface area contributed by atoms with E-state index in [4.69, 9.17) is 10.2 Å². The molecule has 1 aliphatic rings. The SMILES string of the molecule is CN(C(=O)O)[C@H]1C[C@H](O)C1. The average molecular weight is 145 g/mol. The molecule has 0 saturated heterocycles. The van der Waals surface area contributed by atoms with Gasteiger partial charge in [-0.1, -0.05) is 0 Å². The first kappa shape index (κ1) is 7.34. The molecule has 0 aliphatic heterocycles. The lowest BCUT2D eigenvalue weighted by Crippen LogP contribution is -2.47. The van der Waals surface area contributed by atoms with Gasteiger partial charge in [-0.25, -0.2) is 4.79 Å². The molecular formula is C6H11NO3. The average Bonchev–Trinajstić information content (AvgIpc) is 1.79. The molecule has 0 unspecified atom stereocenters. The Morgan fingerprint density at radius 3 is 2.40 bits per heavy atom. The van der Waals surface area contributed by atoms with Gasteiger partial charge in [0.2, 0.25) is 0 Å². The highest BCUT2D eigenvalue weighted by Crippen LogP contribution is 2.24. The maximum atomic E-state index is 10.3. The summed E-state index contributed by atoms with van der Waals surface area (Å²) in [6, 6.07) is 0.0347. The van der Waals surface area contributed by atoms with Crippen molar-refractivity contribution in [2.45, 2.75) is 25.0 Å². The number of hydrogen-bond acceptors (Lipinski definition) is 2. The van der Waals surface area contributed by atoms with E-state index in [9.17, 15) is 4.79 Å².